The highest BCUT2D eigenvalue weighted by molar-refractivity contribution is 5.26. The summed E-state index contributed by atoms with van der Waals surface area (Å²) in [5, 5.41) is 3.61. The van der Waals surface area contributed by atoms with Crippen LogP contribution >= 0.6 is 0 Å². The molecule has 0 saturated heterocycles. The lowest BCUT2D eigenvalue weighted by Gasteiger charge is -2.26. The van der Waals surface area contributed by atoms with E-state index in [1.54, 1.807) is 6.07 Å². The second-order valence-corrected chi connectivity index (χ2v) is 5.78. The van der Waals surface area contributed by atoms with Crippen molar-refractivity contribution in [3.63, 3.8) is 0 Å². The average Bonchev–Trinajstić information content (AvgIpc) is 2.42. The number of ether oxygens (including phenoxy) is 1. The average molecular weight is 278 g/mol. The summed E-state index contributed by atoms with van der Waals surface area (Å²) in [6.07, 6.45) is 5.83. The molecular weight excluding hydrogens is 252 g/mol. The Morgan fingerprint density at radius 2 is 2.25 bits per heavy atom. The molecule has 20 heavy (non-hydrogen) atoms. The second-order valence-electron chi connectivity index (χ2n) is 5.78. The molecule has 0 saturated carbocycles. The molecule has 0 amide bonds. The fourth-order valence-electron chi connectivity index (χ4n) is 2.73. The number of aromatic amines is 1. The monoisotopic (exact) mass is 278 g/mol. The van der Waals surface area contributed by atoms with E-state index < -0.39 is 0 Å². The first-order valence-electron chi connectivity index (χ1n) is 7.74. The van der Waals surface area contributed by atoms with Crippen molar-refractivity contribution in [1.82, 2.24) is 10.3 Å². The fourth-order valence-corrected chi connectivity index (χ4v) is 2.73. The van der Waals surface area contributed by atoms with Gasteiger partial charge in [-0.25, -0.2) is 0 Å². The minimum absolute atomic E-state index is 0.00948. The molecule has 2 N–H and O–H groups in total. The van der Waals surface area contributed by atoms with Crippen molar-refractivity contribution < 1.29 is 4.74 Å². The van der Waals surface area contributed by atoms with Crippen LogP contribution in [0.15, 0.2) is 16.9 Å². The Labute approximate surface area is 120 Å². The summed E-state index contributed by atoms with van der Waals surface area (Å²) >= 11 is 0. The van der Waals surface area contributed by atoms with Gasteiger partial charge in [0.05, 0.1) is 6.10 Å². The molecule has 1 atom stereocenters. The molecule has 1 aromatic rings. The van der Waals surface area contributed by atoms with Crippen molar-refractivity contribution in [2.24, 2.45) is 0 Å². The van der Waals surface area contributed by atoms with E-state index in [0.717, 1.165) is 50.9 Å². The van der Waals surface area contributed by atoms with Crippen LogP contribution in [0.5, 0.6) is 0 Å². The molecular formula is C16H26N2O2. The van der Waals surface area contributed by atoms with Gasteiger partial charge in [0.2, 0.25) is 5.56 Å². The number of hydrogen-bond acceptors (Lipinski definition) is 3. The van der Waals surface area contributed by atoms with Crippen molar-refractivity contribution >= 4 is 0 Å². The minimum atomic E-state index is 0.00948. The van der Waals surface area contributed by atoms with Crippen molar-refractivity contribution in [1.29, 1.82) is 0 Å². The highest BCUT2D eigenvalue weighted by atomic mass is 16.5. The maximum atomic E-state index is 11.3. The van der Waals surface area contributed by atoms with Gasteiger partial charge in [0.15, 0.2) is 0 Å². The van der Waals surface area contributed by atoms with E-state index in [-0.39, 0.29) is 5.56 Å². The van der Waals surface area contributed by atoms with Crippen LogP contribution in [0.1, 0.15) is 56.8 Å². The first-order chi connectivity index (χ1) is 9.66. The lowest BCUT2D eigenvalue weighted by atomic mass is 9.91. The zero-order chi connectivity index (χ0) is 14.4. The van der Waals surface area contributed by atoms with Crippen molar-refractivity contribution in [2.75, 3.05) is 13.2 Å². The van der Waals surface area contributed by atoms with E-state index in [0.29, 0.717) is 12.1 Å². The third-order valence-corrected chi connectivity index (χ3v) is 3.74. The zero-order valence-electron chi connectivity index (χ0n) is 12.6. The quantitative estimate of drug-likeness (QED) is 0.754. The summed E-state index contributed by atoms with van der Waals surface area (Å²) in [5.41, 5.74) is 2.40. The van der Waals surface area contributed by atoms with Gasteiger partial charge < -0.3 is 15.0 Å². The van der Waals surface area contributed by atoms with Gasteiger partial charge in [-0.05, 0) is 58.1 Å². The smallest absolute Gasteiger partial charge is 0.248 e. The second kappa shape index (κ2) is 7.60. The number of rotatable bonds is 7. The minimum Gasteiger partial charge on any atom is -0.379 e. The van der Waals surface area contributed by atoms with E-state index in [2.05, 4.69) is 24.1 Å². The number of fused-ring (bicyclic) bond motifs is 1. The summed E-state index contributed by atoms with van der Waals surface area (Å²) in [6, 6.07) is 4.00. The predicted octanol–water partition coefficient (Wildman–Crippen LogP) is 2.55. The van der Waals surface area contributed by atoms with Crippen LogP contribution in [-0.2, 0) is 11.2 Å². The topological polar surface area (TPSA) is 54.1 Å². The van der Waals surface area contributed by atoms with Gasteiger partial charge in [0.25, 0.3) is 0 Å². The van der Waals surface area contributed by atoms with Gasteiger partial charge in [-0.15, -0.1) is 0 Å². The summed E-state index contributed by atoms with van der Waals surface area (Å²) in [6.45, 7) is 5.98. The largest absolute Gasteiger partial charge is 0.379 e. The maximum Gasteiger partial charge on any atom is 0.248 e. The van der Waals surface area contributed by atoms with Crippen LogP contribution in [0.3, 0.4) is 0 Å². The molecule has 0 fully saturated rings. The summed E-state index contributed by atoms with van der Waals surface area (Å²) in [5.74, 6) is 0. The number of hydrogen-bond donors (Lipinski definition) is 2. The highest BCUT2D eigenvalue weighted by Crippen LogP contribution is 2.27. The zero-order valence-corrected chi connectivity index (χ0v) is 12.6. The lowest BCUT2D eigenvalue weighted by molar-refractivity contribution is 0.0759. The molecule has 0 bridgehead atoms. The Morgan fingerprint density at radius 1 is 1.40 bits per heavy atom. The molecule has 1 unspecified atom stereocenters. The van der Waals surface area contributed by atoms with Crippen molar-refractivity contribution in [2.45, 2.75) is 58.1 Å². The SMILES string of the molecule is CC(C)OCCCCNC1CCCc2[nH]c(=O)ccc21. The van der Waals surface area contributed by atoms with Crippen LogP contribution in [0.4, 0.5) is 0 Å². The van der Waals surface area contributed by atoms with Gasteiger partial charge in [-0.1, -0.05) is 6.07 Å². The molecule has 0 aliphatic heterocycles. The number of H-pyrrole nitrogens is 1. The molecule has 4 nitrogen and oxygen atoms in total. The van der Waals surface area contributed by atoms with E-state index in [1.807, 2.05) is 6.07 Å². The molecule has 0 radical (unpaired) electrons. The van der Waals surface area contributed by atoms with Crippen molar-refractivity contribution in [3.05, 3.63) is 33.7 Å². The Kier molecular flexibility index (Phi) is 5.80. The van der Waals surface area contributed by atoms with Crippen molar-refractivity contribution in [3.8, 4) is 0 Å². The normalized spacial score (nSPS) is 18.2. The lowest BCUT2D eigenvalue weighted by Crippen LogP contribution is -2.28. The van der Waals surface area contributed by atoms with E-state index in [1.165, 1.54) is 5.56 Å². The number of unbranched alkanes of at least 4 members (excludes halogenated alkanes) is 1. The van der Waals surface area contributed by atoms with Gasteiger partial charge in [-0.2, -0.15) is 0 Å². The maximum absolute atomic E-state index is 11.3. The van der Waals surface area contributed by atoms with Gasteiger partial charge >= 0.3 is 0 Å². The van der Waals surface area contributed by atoms with E-state index in [9.17, 15) is 4.79 Å². The standard InChI is InChI=1S/C16H26N2O2/c1-12(2)20-11-4-3-10-17-14-6-5-7-15-13(14)8-9-16(19)18-15/h8-9,12,14,17H,3-7,10-11H2,1-2H3,(H,18,19). The molecule has 4 heteroatoms. The molecule has 1 aliphatic carbocycles. The molecule has 112 valence electrons. The van der Waals surface area contributed by atoms with E-state index in [4.69, 9.17) is 4.74 Å². The third kappa shape index (κ3) is 4.46. The number of aromatic nitrogens is 1. The first-order valence-corrected chi connectivity index (χ1v) is 7.74. The number of nitrogens with one attached hydrogen (secondary N) is 2. The molecule has 0 aromatic carbocycles. The summed E-state index contributed by atoms with van der Waals surface area (Å²) in [7, 11) is 0. The molecule has 1 heterocycles. The van der Waals surface area contributed by atoms with Crippen LogP contribution in [-0.4, -0.2) is 24.2 Å². The summed E-state index contributed by atoms with van der Waals surface area (Å²) < 4.78 is 5.54. The molecule has 1 aliphatic rings. The summed E-state index contributed by atoms with van der Waals surface area (Å²) in [4.78, 5) is 14.3. The number of pyridine rings is 1. The molecule has 2 rings (SSSR count). The Balaban J connectivity index is 1.76. The van der Waals surface area contributed by atoms with Gasteiger partial charge in [0, 0.05) is 24.4 Å². The van der Waals surface area contributed by atoms with Crippen LogP contribution in [0.2, 0.25) is 0 Å². The molecule has 0 spiro atoms. The first kappa shape index (κ1) is 15.3. The van der Waals surface area contributed by atoms with Gasteiger partial charge in [0.1, 0.15) is 0 Å². The van der Waals surface area contributed by atoms with Crippen LogP contribution < -0.4 is 10.9 Å². The highest BCUT2D eigenvalue weighted by Gasteiger charge is 2.19. The van der Waals surface area contributed by atoms with Crippen LogP contribution in [0, 0.1) is 0 Å². The Hall–Kier alpha value is -1.13. The molecule has 1 aromatic heterocycles. The third-order valence-electron chi connectivity index (χ3n) is 3.74. The van der Waals surface area contributed by atoms with E-state index >= 15 is 0 Å². The van der Waals surface area contributed by atoms with Gasteiger partial charge in [-0.3, -0.25) is 4.79 Å². The Bertz CT molecular complexity index is 468. The fraction of sp³-hybridized carbons (Fsp3) is 0.688. The predicted molar refractivity (Wildman–Crippen MR) is 81.1 cm³/mol. The Morgan fingerprint density at radius 3 is 3.05 bits per heavy atom. The van der Waals surface area contributed by atoms with Crippen LogP contribution in [0.25, 0.3) is 0 Å². The number of aryl methyl sites for hydroxylation is 1.